The average Bonchev–Trinajstić information content (AvgIpc) is 3.19. The van der Waals surface area contributed by atoms with Gasteiger partial charge in [0.15, 0.2) is 5.13 Å². The Bertz CT molecular complexity index is 1140. The van der Waals surface area contributed by atoms with E-state index in [4.69, 9.17) is 5.73 Å². The summed E-state index contributed by atoms with van der Waals surface area (Å²) in [6.45, 7) is 1.71. The fraction of sp³-hybridized carbons (Fsp3) is 0.292. The Morgan fingerprint density at radius 1 is 1.06 bits per heavy atom. The van der Waals surface area contributed by atoms with Gasteiger partial charge in [0.1, 0.15) is 22.3 Å². The van der Waals surface area contributed by atoms with E-state index in [0.29, 0.717) is 37.6 Å². The summed E-state index contributed by atoms with van der Waals surface area (Å²) in [7, 11) is 0. The van der Waals surface area contributed by atoms with Gasteiger partial charge in [-0.2, -0.15) is 0 Å². The number of urea groups is 1. The molecular formula is C24H25F2N5O2S. The minimum atomic E-state index is -0.943. The molecule has 0 bridgehead atoms. The van der Waals surface area contributed by atoms with Gasteiger partial charge in [-0.1, -0.05) is 47.7 Å². The standard InChI is InChI=1S/C24H25F2N5O2S/c25-17-7-4-8-18(26)19(17)20(32)21-22(27)30-23(34-21)29-16-10-13-31(14-11-16)24(33)28-12-9-15-5-2-1-3-6-15/h1-8,16H,9-14,27H2,(H,28,33)(H,29,30). The third kappa shape index (κ3) is 5.51. The molecule has 2 amide bonds. The number of benzene rings is 2. The number of ketones is 1. The van der Waals surface area contributed by atoms with E-state index >= 15 is 0 Å². The lowest BCUT2D eigenvalue weighted by atomic mass is 10.1. The molecular weight excluding hydrogens is 460 g/mol. The Morgan fingerprint density at radius 3 is 2.41 bits per heavy atom. The maximum absolute atomic E-state index is 14.0. The molecule has 0 spiro atoms. The molecule has 0 unspecified atom stereocenters. The zero-order valence-electron chi connectivity index (χ0n) is 18.4. The Labute approximate surface area is 200 Å². The summed E-state index contributed by atoms with van der Waals surface area (Å²) in [5.41, 5.74) is 6.40. The van der Waals surface area contributed by atoms with Crippen molar-refractivity contribution in [3.8, 4) is 0 Å². The molecule has 7 nitrogen and oxygen atoms in total. The van der Waals surface area contributed by atoms with Crippen LogP contribution in [0.2, 0.25) is 0 Å². The number of hydrogen-bond donors (Lipinski definition) is 3. The normalized spacial score (nSPS) is 14.1. The molecule has 1 aromatic heterocycles. The number of nitrogen functional groups attached to an aromatic ring is 1. The van der Waals surface area contributed by atoms with Gasteiger partial charge < -0.3 is 21.3 Å². The van der Waals surface area contributed by atoms with Crippen LogP contribution in [-0.4, -0.2) is 47.4 Å². The Morgan fingerprint density at radius 2 is 1.74 bits per heavy atom. The molecule has 2 heterocycles. The number of likely N-dealkylation sites (tertiary alicyclic amines) is 1. The van der Waals surface area contributed by atoms with Crippen LogP contribution in [0.1, 0.15) is 33.6 Å². The van der Waals surface area contributed by atoms with Crippen LogP contribution in [0.3, 0.4) is 0 Å². The summed E-state index contributed by atoms with van der Waals surface area (Å²) >= 11 is 0.967. The molecule has 178 valence electrons. The topological polar surface area (TPSA) is 100 Å². The average molecular weight is 486 g/mol. The van der Waals surface area contributed by atoms with Crippen LogP contribution in [0.5, 0.6) is 0 Å². The highest BCUT2D eigenvalue weighted by Gasteiger charge is 2.26. The van der Waals surface area contributed by atoms with E-state index < -0.39 is 23.0 Å². The summed E-state index contributed by atoms with van der Waals surface area (Å²) < 4.78 is 28.0. The molecule has 0 saturated carbocycles. The van der Waals surface area contributed by atoms with Gasteiger partial charge in [-0.3, -0.25) is 4.79 Å². The van der Waals surface area contributed by atoms with Gasteiger partial charge in [0, 0.05) is 25.7 Å². The van der Waals surface area contributed by atoms with Gasteiger partial charge in [-0.15, -0.1) is 0 Å². The predicted octanol–water partition coefficient (Wildman–Crippen LogP) is 4.06. The van der Waals surface area contributed by atoms with E-state index in [0.717, 1.165) is 29.9 Å². The smallest absolute Gasteiger partial charge is 0.317 e. The number of halogens is 2. The number of thiazole rings is 1. The van der Waals surface area contributed by atoms with Crippen LogP contribution in [0.25, 0.3) is 0 Å². The summed E-state index contributed by atoms with van der Waals surface area (Å²) in [6, 6.07) is 13.2. The first-order chi connectivity index (χ1) is 16.4. The third-order valence-electron chi connectivity index (χ3n) is 5.69. The Kier molecular flexibility index (Phi) is 7.36. The van der Waals surface area contributed by atoms with Crippen molar-refractivity contribution in [3.05, 3.63) is 76.2 Å². The van der Waals surface area contributed by atoms with E-state index in [-0.39, 0.29) is 22.8 Å². The lowest BCUT2D eigenvalue weighted by Crippen LogP contribution is -2.47. The maximum atomic E-state index is 14.0. The van der Waals surface area contributed by atoms with Crippen molar-refractivity contribution in [2.24, 2.45) is 0 Å². The molecule has 0 radical (unpaired) electrons. The highest BCUT2D eigenvalue weighted by Crippen LogP contribution is 2.30. The number of carbonyl (C=O) groups is 2. The zero-order chi connectivity index (χ0) is 24.1. The van der Waals surface area contributed by atoms with E-state index in [1.165, 1.54) is 11.6 Å². The largest absolute Gasteiger partial charge is 0.382 e. The van der Waals surface area contributed by atoms with Gasteiger partial charge >= 0.3 is 6.03 Å². The number of amides is 2. The van der Waals surface area contributed by atoms with Gasteiger partial charge in [-0.05, 0) is 37.0 Å². The maximum Gasteiger partial charge on any atom is 0.317 e. The van der Waals surface area contributed by atoms with Crippen molar-refractivity contribution in [2.45, 2.75) is 25.3 Å². The van der Waals surface area contributed by atoms with Crippen LogP contribution >= 0.6 is 11.3 Å². The number of piperidine rings is 1. The first-order valence-electron chi connectivity index (χ1n) is 11.0. The van der Waals surface area contributed by atoms with Crippen molar-refractivity contribution in [3.63, 3.8) is 0 Å². The second-order valence-electron chi connectivity index (χ2n) is 8.03. The van der Waals surface area contributed by atoms with Gasteiger partial charge in [-0.25, -0.2) is 18.6 Å². The van der Waals surface area contributed by atoms with Crippen LogP contribution < -0.4 is 16.4 Å². The van der Waals surface area contributed by atoms with Crippen molar-refractivity contribution in [2.75, 3.05) is 30.7 Å². The van der Waals surface area contributed by atoms with Gasteiger partial charge in [0.25, 0.3) is 0 Å². The second-order valence-corrected chi connectivity index (χ2v) is 9.03. The van der Waals surface area contributed by atoms with E-state index in [1.807, 2.05) is 30.3 Å². The number of nitrogens with two attached hydrogens (primary N) is 1. The van der Waals surface area contributed by atoms with Crippen LogP contribution in [0.15, 0.2) is 48.5 Å². The lowest BCUT2D eigenvalue weighted by molar-refractivity contribution is 0.103. The number of hydrogen-bond acceptors (Lipinski definition) is 6. The molecule has 1 fully saturated rings. The predicted molar refractivity (Wildman–Crippen MR) is 128 cm³/mol. The van der Waals surface area contributed by atoms with Crippen molar-refractivity contribution in [1.29, 1.82) is 0 Å². The van der Waals surface area contributed by atoms with E-state index in [9.17, 15) is 18.4 Å². The summed E-state index contributed by atoms with van der Waals surface area (Å²) in [5, 5.41) is 6.59. The number of carbonyl (C=O) groups excluding carboxylic acids is 2. The monoisotopic (exact) mass is 485 g/mol. The van der Waals surface area contributed by atoms with E-state index in [1.54, 1.807) is 4.90 Å². The molecule has 0 atom stereocenters. The molecule has 0 aliphatic carbocycles. The minimum absolute atomic E-state index is 0.0123. The Balaban J connectivity index is 1.28. The number of nitrogens with zero attached hydrogens (tertiary/aromatic N) is 2. The molecule has 2 aromatic carbocycles. The van der Waals surface area contributed by atoms with Crippen LogP contribution in [-0.2, 0) is 6.42 Å². The number of nitrogens with one attached hydrogen (secondary N) is 2. The van der Waals surface area contributed by atoms with Crippen LogP contribution in [0.4, 0.5) is 24.5 Å². The molecule has 4 rings (SSSR count). The highest BCUT2D eigenvalue weighted by atomic mass is 32.1. The molecule has 34 heavy (non-hydrogen) atoms. The summed E-state index contributed by atoms with van der Waals surface area (Å²) in [6.07, 6.45) is 2.15. The lowest BCUT2D eigenvalue weighted by Gasteiger charge is -2.32. The van der Waals surface area contributed by atoms with Gasteiger partial charge in [0.05, 0.1) is 5.56 Å². The highest BCUT2D eigenvalue weighted by molar-refractivity contribution is 7.18. The fourth-order valence-corrected chi connectivity index (χ4v) is 4.76. The Hall–Kier alpha value is -3.53. The number of rotatable bonds is 7. The van der Waals surface area contributed by atoms with Gasteiger partial charge in [0.2, 0.25) is 5.78 Å². The molecule has 1 saturated heterocycles. The van der Waals surface area contributed by atoms with E-state index in [2.05, 4.69) is 15.6 Å². The quantitative estimate of drug-likeness (QED) is 0.438. The third-order valence-corrected chi connectivity index (χ3v) is 6.69. The second kappa shape index (κ2) is 10.6. The molecule has 1 aliphatic heterocycles. The molecule has 10 heteroatoms. The molecule has 4 N–H and O–H groups in total. The van der Waals surface area contributed by atoms with Crippen molar-refractivity contribution < 1.29 is 18.4 Å². The van der Waals surface area contributed by atoms with Crippen molar-refractivity contribution in [1.82, 2.24) is 15.2 Å². The zero-order valence-corrected chi connectivity index (χ0v) is 19.2. The SMILES string of the molecule is Nc1nc(NC2CCN(C(=O)NCCc3ccccc3)CC2)sc1C(=O)c1c(F)cccc1F. The molecule has 1 aliphatic rings. The number of anilines is 2. The minimum Gasteiger partial charge on any atom is -0.382 e. The number of aromatic nitrogens is 1. The molecule has 3 aromatic rings. The summed E-state index contributed by atoms with van der Waals surface area (Å²) in [5.74, 6) is -2.79. The first kappa shape index (κ1) is 23.6. The summed E-state index contributed by atoms with van der Waals surface area (Å²) in [4.78, 5) is 31.0. The fourth-order valence-electron chi connectivity index (χ4n) is 3.86. The van der Waals surface area contributed by atoms with Crippen LogP contribution in [0, 0.1) is 11.6 Å². The van der Waals surface area contributed by atoms with Crippen molar-refractivity contribution >= 4 is 34.1 Å². The first-order valence-corrected chi connectivity index (χ1v) is 11.8.